The maximum Gasteiger partial charge on any atom is 0.338 e. The molecule has 4 rings (SSSR count). The fourth-order valence-electron chi connectivity index (χ4n) is 4.51. The number of aromatic nitrogens is 1. The van der Waals surface area contributed by atoms with Gasteiger partial charge in [-0.1, -0.05) is 6.07 Å². The molecule has 0 atom stereocenters. The molecule has 3 heterocycles. The van der Waals surface area contributed by atoms with Crippen LogP contribution in [0.25, 0.3) is 0 Å². The van der Waals surface area contributed by atoms with Crippen LogP contribution in [0.3, 0.4) is 0 Å². The molecule has 1 aromatic heterocycles. The highest BCUT2D eigenvalue weighted by Crippen LogP contribution is 2.30. The first kappa shape index (κ1) is 22.0. The van der Waals surface area contributed by atoms with Gasteiger partial charge < -0.3 is 14.7 Å². The molecule has 0 saturated carbocycles. The number of amides is 1. The number of hydrogen-bond acceptors (Lipinski definition) is 7. The molecule has 162 valence electrons. The van der Waals surface area contributed by atoms with Crippen LogP contribution < -0.4 is 4.90 Å². The van der Waals surface area contributed by atoms with E-state index in [1.54, 1.807) is 28.0 Å². The third kappa shape index (κ3) is 4.56. The third-order valence-electron chi connectivity index (χ3n) is 6.32. The normalized spacial score (nSPS) is 17.4. The molecule has 0 bridgehead atoms. The van der Waals surface area contributed by atoms with Crippen LogP contribution in [0.5, 0.6) is 0 Å². The Balaban J connectivity index is 1.34. The molecule has 2 aliphatic rings. The van der Waals surface area contributed by atoms with Gasteiger partial charge >= 0.3 is 5.97 Å². The van der Waals surface area contributed by atoms with E-state index in [2.05, 4.69) is 16.2 Å². The number of carbonyl (C=O) groups is 2. The summed E-state index contributed by atoms with van der Waals surface area (Å²) in [5.74, 6) is -0.361. The minimum Gasteiger partial charge on any atom is -0.457 e. The van der Waals surface area contributed by atoms with Gasteiger partial charge in [-0.3, -0.25) is 9.69 Å². The number of piperidine rings is 1. The molecule has 2 aliphatic heterocycles. The Morgan fingerprint density at radius 1 is 1.35 bits per heavy atom. The van der Waals surface area contributed by atoms with Gasteiger partial charge in [0.2, 0.25) is 5.91 Å². The van der Waals surface area contributed by atoms with Crippen molar-refractivity contribution in [1.29, 1.82) is 0 Å². The van der Waals surface area contributed by atoms with Gasteiger partial charge in [0, 0.05) is 24.2 Å². The molecular weight excluding hydrogens is 412 g/mol. The number of aliphatic hydroxyl groups is 1. The fraction of sp³-hybridized carbons (Fsp3) is 0.476. The van der Waals surface area contributed by atoms with Crippen LogP contribution in [0, 0.1) is 12.8 Å². The molecule has 10 heteroatoms. The predicted molar refractivity (Wildman–Crippen MR) is 125 cm³/mol. The van der Waals surface area contributed by atoms with Gasteiger partial charge in [0.25, 0.3) is 0 Å². The highest BCUT2D eigenvalue weighted by molar-refractivity contribution is 7.10. The predicted octanol–water partition coefficient (Wildman–Crippen LogP) is 0.279. The zero-order valence-corrected chi connectivity index (χ0v) is 19.1. The van der Waals surface area contributed by atoms with E-state index in [-0.39, 0.29) is 17.8 Å². The largest absolute Gasteiger partial charge is 0.457 e. The summed E-state index contributed by atoms with van der Waals surface area (Å²) in [5, 5.41) is 11.2. The van der Waals surface area contributed by atoms with Crippen LogP contribution in [-0.2, 0) is 22.6 Å². The van der Waals surface area contributed by atoms with E-state index in [0.29, 0.717) is 17.2 Å². The summed E-state index contributed by atoms with van der Waals surface area (Å²) < 4.78 is 9.24. The lowest BCUT2D eigenvalue weighted by Gasteiger charge is -2.38. The zero-order chi connectivity index (χ0) is 22.2. The summed E-state index contributed by atoms with van der Waals surface area (Å²) in [4.78, 5) is 28.8. The molecule has 0 unspecified atom stereocenters. The smallest absolute Gasteiger partial charge is 0.338 e. The van der Waals surface area contributed by atoms with Crippen molar-refractivity contribution in [2.24, 2.45) is 5.92 Å². The molecule has 1 saturated heterocycles. The molecular formula is C21H27B2N3O4S. The van der Waals surface area contributed by atoms with E-state index in [1.807, 2.05) is 12.1 Å². The maximum atomic E-state index is 13.2. The molecule has 2 aromatic rings. The number of nitrogens with zero attached hydrogens (tertiary/aromatic N) is 3. The zero-order valence-electron chi connectivity index (χ0n) is 18.3. The summed E-state index contributed by atoms with van der Waals surface area (Å²) in [6, 6.07) is 5.68. The van der Waals surface area contributed by atoms with E-state index < -0.39 is 5.52 Å². The molecule has 1 fully saturated rings. The summed E-state index contributed by atoms with van der Waals surface area (Å²) in [6.07, 6.45) is 4.10. The molecule has 1 N–H and O–H groups in total. The fourth-order valence-corrected chi connectivity index (χ4v) is 5.25. The summed E-state index contributed by atoms with van der Waals surface area (Å²) in [5.41, 5.74) is 2.84. The summed E-state index contributed by atoms with van der Waals surface area (Å²) in [6.45, 7) is 5.05. The van der Waals surface area contributed by atoms with Gasteiger partial charge in [-0.25, -0.2) is 4.79 Å². The average Bonchev–Trinajstić information content (AvgIpc) is 3.37. The van der Waals surface area contributed by atoms with Crippen molar-refractivity contribution >= 4 is 44.1 Å². The molecule has 0 aliphatic carbocycles. The average molecular weight is 439 g/mol. The number of fused-ring (bicyclic) bond motifs is 1. The van der Waals surface area contributed by atoms with E-state index in [9.17, 15) is 14.7 Å². The van der Waals surface area contributed by atoms with Gasteiger partial charge in [-0.2, -0.15) is 4.37 Å². The highest BCUT2D eigenvalue weighted by atomic mass is 32.1. The number of carbonyl (C=O) groups excluding carboxylic acids is 2. The first-order chi connectivity index (χ1) is 14.8. The monoisotopic (exact) mass is 439 g/mol. The van der Waals surface area contributed by atoms with Gasteiger partial charge in [0.05, 0.1) is 11.1 Å². The molecule has 1 aromatic carbocycles. The molecule has 1 amide bonds. The minimum absolute atomic E-state index is 0.0319. The molecule has 0 radical (unpaired) electrons. The van der Waals surface area contributed by atoms with Crippen LogP contribution in [0.4, 0.5) is 5.00 Å². The van der Waals surface area contributed by atoms with Crippen molar-refractivity contribution in [3.63, 3.8) is 0 Å². The Hall–Kier alpha value is -2.16. The van der Waals surface area contributed by atoms with Crippen molar-refractivity contribution in [2.45, 2.75) is 38.3 Å². The second-order valence-electron chi connectivity index (χ2n) is 8.84. The van der Waals surface area contributed by atoms with E-state index >= 15 is 0 Å². The number of anilines is 1. The first-order valence-corrected chi connectivity index (χ1v) is 11.5. The van der Waals surface area contributed by atoms with Crippen molar-refractivity contribution in [2.75, 3.05) is 24.5 Å². The number of benzene rings is 1. The number of esters is 1. The standard InChI is InChI=1S/C21H27B2N3O4S/c1-13-14(2-3-16-17(13)12-30-20(16)28)5-9-25-10-6-15(7-11-25)19(27)26(21(22,23)29)18-4-8-24-31-18/h2-4,8,15,29H,5-7,9-12,22-23H2,1H3. The van der Waals surface area contributed by atoms with Crippen LogP contribution in [0.1, 0.15) is 39.9 Å². The van der Waals surface area contributed by atoms with Crippen molar-refractivity contribution in [3.05, 3.63) is 46.6 Å². The van der Waals surface area contributed by atoms with Gasteiger partial charge in [0.1, 0.15) is 11.6 Å². The van der Waals surface area contributed by atoms with Crippen LogP contribution >= 0.6 is 11.5 Å². The topological polar surface area (TPSA) is 83.0 Å². The van der Waals surface area contributed by atoms with Crippen molar-refractivity contribution in [3.8, 4) is 0 Å². The highest BCUT2D eigenvalue weighted by Gasteiger charge is 2.36. The van der Waals surface area contributed by atoms with Crippen LogP contribution in [0.2, 0.25) is 0 Å². The Morgan fingerprint density at radius 2 is 2.10 bits per heavy atom. The lowest BCUT2D eigenvalue weighted by Crippen LogP contribution is -2.56. The second-order valence-corrected chi connectivity index (χ2v) is 9.65. The number of cyclic esters (lactones) is 1. The van der Waals surface area contributed by atoms with Gasteiger partial charge in [-0.05, 0) is 74.1 Å². The van der Waals surface area contributed by atoms with Crippen LogP contribution in [-0.4, -0.2) is 67.1 Å². The lowest BCUT2D eigenvalue weighted by molar-refractivity contribution is -0.125. The van der Waals surface area contributed by atoms with Crippen molar-refractivity contribution in [1.82, 2.24) is 9.27 Å². The second kappa shape index (κ2) is 8.76. The maximum absolute atomic E-state index is 13.2. The Morgan fingerprint density at radius 3 is 2.74 bits per heavy atom. The Bertz CT molecular complexity index is 970. The van der Waals surface area contributed by atoms with Crippen LogP contribution in [0.15, 0.2) is 24.4 Å². The number of hydrogen-bond donors (Lipinski definition) is 1. The van der Waals surface area contributed by atoms with Gasteiger partial charge in [-0.15, -0.1) is 0 Å². The number of likely N-dealkylation sites (tertiary alicyclic amines) is 1. The third-order valence-corrected chi connectivity index (χ3v) is 7.06. The molecule has 7 nitrogen and oxygen atoms in total. The number of rotatable bonds is 6. The van der Waals surface area contributed by atoms with E-state index in [1.165, 1.54) is 22.0 Å². The Kier molecular flexibility index (Phi) is 6.23. The lowest BCUT2D eigenvalue weighted by atomic mass is 9.71. The molecule has 31 heavy (non-hydrogen) atoms. The van der Waals surface area contributed by atoms with E-state index in [0.717, 1.165) is 50.0 Å². The van der Waals surface area contributed by atoms with E-state index in [4.69, 9.17) is 4.74 Å². The summed E-state index contributed by atoms with van der Waals surface area (Å²) >= 11 is 1.22. The number of ether oxygens (including phenoxy) is 1. The minimum atomic E-state index is -1.27. The summed E-state index contributed by atoms with van der Waals surface area (Å²) in [7, 11) is 3.27. The van der Waals surface area contributed by atoms with Gasteiger partial charge in [0.15, 0.2) is 15.7 Å². The first-order valence-electron chi connectivity index (χ1n) is 10.7. The van der Waals surface area contributed by atoms with Crippen molar-refractivity contribution < 1.29 is 19.4 Å². The molecule has 0 spiro atoms. The SMILES string of the molecule is BC(B)(O)N(C(=O)C1CCN(CCc2ccc3c(c2C)COC3=O)CC1)c1ccns1. The Labute approximate surface area is 188 Å². The quantitative estimate of drug-likeness (QED) is 0.396.